The van der Waals surface area contributed by atoms with Crippen LogP contribution in [0.25, 0.3) is 0 Å². The monoisotopic (exact) mass is 761 g/mol. The van der Waals surface area contributed by atoms with E-state index in [1.165, 1.54) is 16.2 Å². The molecule has 14 heteroatoms. The molecule has 0 aliphatic carbocycles. The maximum Gasteiger partial charge on any atom is 0.418 e. The lowest BCUT2D eigenvalue weighted by Crippen LogP contribution is -2.68. The number of carbonyl (C=O) groups is 3. The molecule has 2 aliphatic rings. The van der Waals surface area contributed by atoms with Gasteiger partial charge in [0.1, 0.15) is 11.4 Å². The second-order valence-electron chi connectivity index (χ2n) is 13.5. The van der Waals surface area contributed by atoms with Crippen molar-refractivity contribution in [2.24, 2.45) is 0 Å². The van der Waals surface area contributed by atoms with Gasteiger partial charge in [0, 0.05) is 55.5 Å². The number of aliphatic hydroxyl groups is 1. The number of hydrogen-bond donors (Lipinski definition) is 2. The van der Waals surface area contributed by atoms with Crippen molar-refractivity contribution in [3.8, 4) is 5.75 Å². The molecule has 2 saturated heterocycles. The number of aliphatic carboxylic acids is 1. The first-order valence-electron chi connectivity index (χ1n) is 17.8. The number of piperidine rings is 2. The van der Waals surface area contributed by atoms with Crippen LogP contribution < -0.4 is 4.74 Å². The van der Waals surface area contributed by atoms with E-state index in [1.807, 2.05) is 44.2 Å². The summed E-state index contributed by atoms with van der Waals surface area (Å²) in [6.07, 6.45) is -0.829. The number of rotatable bonds is 14. The number of ether oxygens (including phenoxy) is 2. The SMILES string of the molecule is C.CCC[C@H]1N(C(=O)c2ncccc2C(F)(F)F)CCC[C@@]1(Oc1csc(C)c1)C(=O)N1CCC(O)(c2ccccc2CCOCCCC(=O)O)CC1. The third-order valence-electron chi connectivity index (χ3n) is 9.96. The Balaban J connectivity index is 0.00000627. The second kappa shape index (κ2) is 17.9. The summed E-state index contributed by atoms with van der Waals surface area (Å²) < 4.78 is 54.4. The van der Waals surface area contributed by atoms with Crippen LogP contribution in [0.4, 0.5) is 13.2 Å². The Kier molecular flexibility index (Phi) is 14.1. The normalized spacial score (nSPS) is 20.1. The van der Waals surface area contributed by atoms with Gasteiger partial charge in [-0.3, -0.25) is 19.4 Å². The fourth-order valence-corrected chi connectivity index (χ4v) is 8.05. The van der Waals surface area contributed by atoms with Gasteiger partial charge in [-0.25, -0.2) is 0 Å². The first-order valence-corrected chi connectivity index (χ1v) is 18.6. The molecule has 4 heterocycles. The molecule has 0 spiro atoms. The largest absolute Gasteiger partial charge is 0.481 e. The number of likely N-dealkylation sites (tertiary alicyclic amines) is 2. The van der Waals surface area contributed by atoms with Crippen molar-refractivity contribution in [1.29, 1.82) is 0 Å². The predicted molar refractivity (Wildman–Crippen MR) is 195 cm³/mol. The summed E-state index contributed by atoms with van der Waals surface area (Å²) in [6.45, 7) is 4.98. The smallest absolute Gasteiger partial charge is 0.418 e. The summed E-state index contributed by atoms with van der Waals surface area (Å²) in [5.74, 6) is -1.69. The van der Waals surface area contributed by atoms with Crippen molar-refractivity contribution in [2.45, 2.75) is 102 Å². The first-order chi connectivity index (χ1) is 24.8. The van der Waals surface area contributed by atoms with Gasteiger partial charge >= 0.3 is 12.1 Å². The number of pyridine rings is 1. The van der Waals surface area contributed by atoms with E-state index in [9.17, 15) is 32.7 Å². The summed E-state index contributed by atoms with van der Waals surface area (Å²) in [7, 11) is 0. The van der Waals surface area contributed by atoms with E-state index in [4.69, 9.17) is 14.6 Å². The van der Waals surface area contributed by atoms with Crippen LogP contribution in [0.2, 0.25) is 0 Å². The van der Waals surface area contributed by atoms with Gasteiger partial charge in [-0.2, -0.15) is 13.2 Å². The molecule has 2 aliphatic heterocycles. The molecule has 290 valence electrons. The Morgan fingerprint density at radius 1 is 1.06 bits per heavy atom. The van der Waals surface area contributed by atoms with Crippen molar-refractivity contribution in [3.05, 3.63) is 81.3 Å². The number of aryl methyl sites for hydroxylation is 1. The van der Waals surface area contributed by atoms with E-state index < -0.39 is 46.6 Å². The molecule has 10 nitrogen and oxygen atoms in total. The number of aromatic nitrogens is 1. The Morgan fingerprint density at radius 2 is 1.79 bits per heavy atom. The van der Waals surface area contributed by atoms with Crippen LogP contribution in [-0.2, 0) is 32.5 Å². The van der Waals surface area contributed by atoms with Gasteiger partial charge < -0.3 is 29.5 Å². The molecule has 2 amide bonds. The summed E-state index contributed by atoms with van der Waals surface area (Å²) in [5.41, 5.74) is -3.03. The molecule has 5 rings (SSSR count). The van der Waals surface area contributed by atoms with Crippen molar-refractivity contribution in [2.75, 3.05) is 32.8 Å². The number of carbonyl (C=O) groups excluding carboxylic acids is 2. The fourth-order valence-electron chi connectivity index (χ4n) is 7.45. The minimum atomic E-state index is -4.80. The molecule has 3 aromatic rings. The fraction of sp³-hybridized carbons (Fsp3) is 0.538. The van der Waals surface area contributed by atoms with E-state index >= 15 is 0 Å². The zero-order valence-electron chi connectivity index (χ0n) is 29.5. The highest BCUT2D eigenvalue weighted by molar-refractivity contribution is 7.10. The Labute approximate surface area is 312 Å². The number of carboxylic acid groups (broad SMARTS) is 1. The van der Waals surface area contributed by atoms with Gasteiger partial charge in [0.25, 0.3) is 11.8 Å². The van der Waals surface area contributed by atoms with E-state index in [0.717, 1.165) is 34.3 Å². The van der Waals surface area contributed by atoms with Gasteiger partial charge in [-0.1, -0.05) is 45.0 Å². The molecule has 2 aromatic heterocycles. The first kappa shape index (κ1) is 41.7. The minimum absolute atomic E-state index is 0. The van der Waals surface area contributed by atoms with Gasteiger partial charge in [-0.15, -0.1) is 11.3 Å². The van der Waals surface area contributed by atoms with E-state index in [-0.39, 0.29) is 58.7 Å². The predicted octanol–water partition coefficient (Wildman–Crippen LogP) is 7.26. The topological polar surface area (TPSA) is 130 Å². The van der Waals surface area contributed by atoms with Crippen molar-refractivity contribution >= 4 is 29.1 Å². The molecule has 0 radical (unpaired) electrons. The van der Waals surface area contributed by atoms with E-state index in [2.05, 4.69) is 4.98 Å². The molecule has 0 bridgehead atoms. The number of halogens is 3. The number of carboxylic acids is 1. The van der Waals surface area contributed by atoms with Crippen LogP contribution in [0.3, 0.4) is 0 Å². The number of thiophene rings is 1. The Bertz CT molecular complexity index is 1710. The van der Waals surface area contributed by atoms with Crippen LogP contribution in [0.15, 0.2) is 54.0 Å². The zero-order valence-corrected chi connectivity index (χ0v) is 30.3. The molecule has 1 aromatic carbocycles. The molecular weight excluding hydrogens is 712 g/mol. The van der Waals surface area contributed by atoms with Gasteiger partial charge in [0.2, 0.25) is 5.60 Å². The lowest BCUT2D eigenvalue weighted by atomic mass is 9.78. The standard InChI is InChI=1S/C38H46F3N3O7S.CH4/c1-3-9-31-37(51-28-24-26(2)52-25-28,15-8-19-44(31)34(47)33-30(38(39,40)41)12-6-18-42-33)35(48)43-20-16-36(49,17-21-43)29-11-5-4-10-27(29)14-23-50-22-7-13-32(45)46;/h4-6,10-12,18,24-25,31,49H,3,7-9,13-17,19-23H2,1-2H3,(H,45,46);1H4/t31-,37+;/m1./s1. The van der Waals surface area contributed by atoms with Gasteiger partial charge in [0.15, 0.2) is 0 Å². The number of hydrogen-bond acceptors (Lipinski definition) is 8. The maximum atomic E-state index is 14.9. The highest BCUT2D eigenvalue weighted by Crippen LogP contribution is 2.42. The average Bonchev–Trinajstić information content (AvgIpc) is 3.53. The van der Waals surface area contributed by atoms with Crippen LogP contribution >= 0.6 is 11.3 Å². The third kappa shape index (κ3) is 9.57. The minimum Gasteiger partial charge on any atom is -0.481 e. The molecule has 0 unspecified atom stereocenters. The number of amides is 2. The highest BCUT2D eigenvalue weighted by atomic mass is 32.1. The number of benzene rings is 1. The van der Waals surface area contributed by atoms with E-state index in [1.54, 1.807) is 10.3 Å². The Morgan fingerprint density at radius 3 is 2.45 bits per heavy atom. The molecule has 2 fully saturated rings. The lowest BCUT2D eigenvalue weighted by Gasteiger charge is -2.51. The van der Waals surface area contributed by atoms with Gasteiger partial charge in [0.05, 0.1) is 23.8 Å². The second-order valence-corrected chi connectivity index (χ2v) is 14.6. The molecule has 53 heavy (non-hydrogen) atoms. The molecular formula is C39H50F3N3O7S. The van der Waals surface area contributed by atoms with Crippen LogP contribution in [-0.4, -0.2) is 87.3 Å². The zero-order chi connectivity index (χ0) is 37.5. The number of alkyl halides is 3. The van der Waals surface area contributed by atoms with Gasteiger partial charge in [-0.05, 0) is 74.8 Å². The van der Waals surface area contributed by atoms with Crippen LogP contribution in [0, 0.1) is 6.92 Å². The molecule has 2 atom stereocenters. The summed E-state index contributed by atoms with van der Waals surface area (Å²) in [4.78, 5) is 47.6. The Hall–Kier alpha value is -4.01. The summed E-state index contributed by atoms with van der Waals surface area (Å²) in [6, 6.07) is 10.4. The molecule has 2 N–H and O–H groups in total. The number of nitrogens with zero attached hydrogens (tertiary/aromatic N) is 3. The average molecular weight is 762 g/mol. The maximum absolute atomic E-state index is 14.9. The summed E-state index contributed by atoms with van der Waals surface area (Å²) in [5, 5.41) is 22.6. The molecule has 0 saturated carbocycles. The van der Waals surface area contributed by atoms with Crippen LogP contribution in [0.5, 0.6) is 5.75 Å². The lowest BCUT2D eigenvalue weighted by molar-refractivity contribution is -0.163. The third-order valence-corrected chi connectivity index (χ3v) is 10.8. The quantitative estimate of drug-likeness (QED) is 0.164. The van der Waals surface area contributed by atoms with Crippen LogP contribution in [0.1, 0.15) is 97.8 Å². The van der Waals surface area contributed by atoms with Crippen molar-refractivity contribution < 1.29 is 47.2 Å². The van der Waals surface area contributed by atoms with Crippen molar-refractivity contribution in [1.82, 2.24) is 14.8 Å². The van der Waals surface area contributed by atoms with Crippen molar-refractivity contribution in [3.63, 3.8) is 0 Å². The van der Waals surface area contributed by atoms with E-state index in [0.29, 0.717) is 51.1 Å². The highest BCUT2D eigenvalue weighted by Gasteiger charge is 2.56. The summed E-state index contributed by atoms with van der Waals surface area (Å²) >= 11 is 1.44.